The Labute approximate surface area is 90.1 Å². The number of nitrogens with two attached hydrogens (primary N) is 1. The van der Waals surface area contributed by atoms with Gasteiger partial charge in [-0.15, -0.1) is 0 Å². The molecule has 0 saturated carbocycles. The summed E-state index contributed by atoms with van der Waals surface area (Å²) in [5.41, 5.74) is 5.40. The largest absolute Gasteiger partial charge is 0.384 e. The van der Waals surface area contributed by atoms with Crippen LogP contribution in [0.3, 0.4) is 0 Å². The lowest BCUT2D eigenvalue weighted by Crippen LogP contribution is -1.92. The van der Waals surface area contributed by atoms with E-state index in [1.165, 1.54) is 12.3 Å². The van der Waals surface area contributed by atoms with Crippen LogP contribution < -0.4 is 5.73 Å². The van der Waals surface area contributed by atoms with E-state index in [1.54, 1.807) is 0 Å². The Kier molecular flexibility index (Phi) is 2.33. The molecule has 1 aromatic carbocycles. The molecule has 2 rings (SSSR count). The summed E-state index contributed by atoms with van der Waals surface area (Å²) in [7, 11) is 0. The summed E-state index contributed by atoms with van der Waals surface area (Å²) in [6.07, 6.45) is 1.31. The molecule has 80 valence electrons. The topological polar surface area (TPSA) is 65.6 Å². The summed E-state index contributed by atoms with van der Waals surface area (Å²) in [5, 5.41) is 8.84. The fraction of sp³-hybridized carbons (Fsp3) is 0. The van der Waals surface area contributed by atoms with Crippen LogP contribution in [0, 0.1) is 23.0 Å². The molecule has 0 aliphatic carbocycles. The van der Waals surface area contributed by atoms with Crippen molar-refractivity contribution < 1.29 is 8.78 Å². The molecule has 3 nitrogen and oxygen atoms in total. The number of aromatic nitrogens is 1. The number of aromatic amines is 1. The summed E-state index contributed by atoms with van der Waals surface area (Å²) in [6, 6.07) is 5.32. The van der Waals surface area contributed by atoms with Gasteiger partial charge in [0.15, 0.2) is 0 Å². The third kappa shape index (κ3) is 1.41. The van der Waals surface area contributed by atoms with E-state index in [0.717, 1.165) is 12.1 Å². The minimum Gasteiger partial charge on any atom is -0.384 e. The Morgan fingerprint density at radius 1 is 1.25 bits per heavy atom. The highest BCUT2D eigenvalue weighted by atomic mass is 19.1. The van der Waals surface area contributed by atoms with Crippen LogP contribution in [0.2, 0.25) is 0 Å². The minimum absolute atomic E-state index is 0.0454. The van der Waals surface area contributed by atoms with Crippen molar-refractivity contribution in [2.75, 3.05) is 5.73 Å². The standard InChI is InChI=1S/C11H7F2N3/c12-8-2-1-3-9(13)10(8)7-5-16-11(15)6(7)4-14/h1-3,5,16H,15H2. The zero-order valence-corrected chi connectivity index (χ0v) is 8.09. The SMILES string of the molecule is N#Cc1c(-c2c(F)cccc2F)c[nH]c1N. The van der Waals surface area contributed by atoms with Gasteiger partial charge in [-0.05, 0) is 12.1 Å². The first-order valence-corrected chi connectivity index (χ1v) is 4.46. The molecule has 0 atom stereocenters. The molecule has 0 spiro atoms. The molecule has 5 heteroatoms. The summed E-state index contributed by atoms with van der Waals surface area (Å²) in [6.45, 7) is 0. The lowest BCUT2D eigenvalue weighted by atomic mass is 10.0. The third-order valence-corrected chi connectivity index (χ3v) is 2.25. The zero-order chi connectivity index (χ0) is 11.7. The van der Waals surface area contributed by atoms with Gasteiger partial charge in [0.2, 0.25) is 0 Å². The minimum atomic E-state index is -0.726. The zero-order valence-electron chi connectivity index (χ0n) is 8.09. The fourth-order valence-electron chi connectivity index (χ4n) is 1.51. The predicted octanol–water partition coefficient (Wildman–Crippen LogP) is 2.41. The van der Waals surface area contributed by atoms with Crippen molar-refractivity contribution in [2.24, 2.45) is 0 Å². The van der Waals surface area contributed by atoms with Crippen LogP contribution >= 0.6 is 0 Å². The maximum Gasteiger partial charge on any atom is 0.134 e. The summed E-state index contributed by atoms with van der Waals surface area (Å²) in [4.78, 5) is 2.56. The molecule has 0 unspecified atom stereocenters. The van der Waals surface area contributed by atoms with Gasteiger partial charge in [0.1, 0.15) is 29.1 Å². The maximum atomic E-state index is 13.5. The van der Waals surface area contributed by atoms with Crippen LogP contribution in [0.5, 0.6) is 0 Å². The number of anilines is 1. The highest BCUT2D eigenvalue weighted by Gasteiger charge is 2.17. The fourth-order valence-corrected chi connectivity index (χ4v) is 1.51. The predicted molar refractivity (Wildman–Crippen MR) is 55.3 cm³/mol. The Balaban J connectivity index is 2.74. The quantitative estimate of drug-likeness (QED) is 0.773. The highest BCUT2D eigenvalue weighted by molar-refractivity contribution is 5.76. The van der Waals surface area contributed by atoms with Gasteiger partial charge in [0.05, 0.1) is 5.56 Å². The molecule has 16 heavy (non-hydrogen) atoms. The number of hydrogen-bond donors (Lipinski definition) is 2. The van der Waals surface area contributed by atoms with Crippen molar-refractivity contribution in [1.82, 2.24) is 4.98 Å². The number of H-pyrrole nitrogens is 1. The van der Waals surface area contributed by atoms with E-state index in [-0.39, 0.29) is 22.5 Å². The molecule has 1 heterocycles. The van der Waals surface area contributed by atoms with E-state index in [0.29, 0.717) is 0 Å². The molecule has 0 bridgehead atoms. The van der Waals surface area contributed by atoms with Crippen LogP contribution in [-0.2, 0) is 0 Å². The molecule has 0 saturated heterocycles. The van der Waals surface area contributed by atoms with Gasteiger partial charge in [-0.1, -0.05) is 6.07 Å². The highest BCUT2D eigenvalue weighted by Crippen LogP contribution is 2.31. The number of nitrogens with zero attached hydrogens (tertiary/aromatic N) is 1. The molecule has 0 fully saturated rings. The van der Waals surface area contributed by atoms with Gasteiger partial charge in [-0.3, -0.25) is 0 Å². The molecular formula is C11H7F2N3. The number of nitrogen functional groups attached to an aromatic ring is 1. The number of rotatable bonds is 1. The van der Waals surface area contributed by atoms with Gasteiger partial charge >= 0.3 is 0 Å². The summed E-state index contributed by atoms with van der Waals surface area (Å²) in [5.74, 6) is -1.36. The van der Waals surface area contributed by atoms with Crippen molar-refractivity contribution in [3.05, 3.63) is 41.6 Å². The number of nitriles is 1. The third-order valence-electron chi connectivity index (χ3n) is 2.25. The molecule has 0 aliphatic heterocycles. The van der Waals surface area contributed by atoms with E-state index >= 15 is 0 Å². The molecule has 3 N–H and O–H groups in total. The van der Waals surface area contributed by atoms with Crippen molar-refractivity contribution in [3.8, 4) is 17.2 Å². The van der Waals surface area contributed by atoms with Crippen LogP contribution in [0.4, 0.5) is 14.6 Å². The number of halogens is 2. The van der Waals surface area contributed by atoms with Crippen LogP contribution in [0.15, 0.2) is 24.4 Å². The van der Waals surface area contributed by atoms with Crippen molar-refractivity contribution in [1.29, 1.82) is 5.26 Å². The van der Waals surface area contributed by atoms with E-state index < -0.39 is 11.6 Å². The number of nitrogens with one attached hydrogen (secondary N) is 1. The van der Waals surface area contributed by atoms with E-state index in [9.17, 15) is 8.78 Å². The van der Waals surface area contributed by atoms with Gasteiger partial charge in [0, 0.05) is 11.8 Å². The van der Waals surface area contributed by atoms with Gasteiger partial charge < -0.3 is 10.7 Å². The van der Waals surface area contributed by atoms with Gasteiger partial charge in [-0.25, -0.2) is 8.78 Å². The smallest absolute Gasteiger partial charge is 0.134 e. The number of benzene rings is 1. The normalized spacial score (nSPS) is 10.1. The van der Waals surface area contributed by atoms with Crippen LogP contribution in [0.1, 0.15) is 5.56 Å². The summed E-state index contributed by atoms with van der Waals surface area (Å²) >= 11 is 0. The lowest BCUT2D eigenvalue weighted by Gasteiger charge is -2.02. The molecule has 1 aromatic heterocycles. The first-order chi connectivity index (χ1) is 7.65. The molecule has 0 radical (unpaired) electrons. The van der Waals surface area contributed by atoms with E-state index in [4.69, 9.17) is 11.0 Å². The second-order valence-corrected chi connectivity index (χ2v) is 3.20. The molecular weight excluding hydrogens is 212 g/mol. The van der Waals surface area contributed by atoms with Crippen molar-refractivity contribution in [2.45, 2.75) is 0 Å². The van der Waals surface area contributed by atoms with Gasteiger partial charge in [-0.2, -0.15) is 5.26 Å². The molecule has 0 aliphatic rings. The van der Waals surface area contributed by atoms with Crippen molar-refractivity contribution >= 4 is 5.82 Å². The average Bonchev–Trinajstić information content (AvgIpc) is 2.59. The van der Waals surface area contributed by atoms with E-state index in [1.807, 2.05) is 6.07 Å². The monoisotopic (exact) mass is 219 g/mol. The maximum absolute atomic E-state index is 13.5. The van der Waals surface area contributed by atoms with Gasteiger partial charge in [0.25, 0.3) is 0 Å². The Bertz CT molecular complexity index is 561. The Morgan fingerprint density at radius 3 is 2.44 bits per heavy atom. The Hall–Kier alpha value is -2.35. The molecule has 0 amide bonds. The first-order valence-electron chi connectivity index (χ1n) is 4.46. The van der Waals surface area contributed by atoms with Crippen LogP contribution in [-0.4, -0.2) is 4.98 Å². The van der Waals surface area contributed by atoms with E-state index in [2.05, 4.69) is 4.98 Å². The lowest BCUT2D eigenvalue weighted by molar-refractivity contribution is 0.589. The second kappa shape index (κ2) is 3.66. The first kappa shape index (κ1) is 10.2. The average molecular weight is 219 g/mol. The Morgan fingerprint density at radius 2 is 1.88 bits per heavy atom. The second-order valence-electron chi connectivity index (χ2n) is 3.20. The molecule has 2 aromatic rings. The number of hydrogen-bond acceptors (Lipinski definition) is 2. The summed E-state index contributed by atoms with van der Waals surface area (Å²) < 4.78 is 26.9. The van der Waals surface area contributed by atoms with Crippen LogP contribution in [0.25, 0.3) is 11.1 Å². The van der Waals surface area contributed by atoms with Crippen molar-refractivity contribution in [3.63, 3.8) is 0 Å².